The quantitative estimate of drug-likeness (QED) is 0.694. The van der Waals surface area contributed by atoms with E-state index in [0.717, 1.165) is 37.3 Å². The number of nitrogens with zero attached hydrogens (tertiary/aromatic N) is 4. The Bertz CT molecular complexity index is 790. The van der Waals surface area contributed by atoms with Crippen molar-refractivity contribution in [2.45, 2.75) is 37.6 Å². The van der Waals surface area contributed by atoms with Crippen LogP contribution in [-0.4, -0.2) is 69.7 Å². The largest absolute Gasteiger partial charge is 0.392 e. The van der Waals surface area contributed by atoms with Crippen LogP contribution in [0.4, 0.5) is 0 Å². The van der Waals surface area contributed by atoms with Gasteiger partial charge in [-0.15, -0.1) is 5.10 Å². The zero-order valence-corrected chi connectivity index (χ0v) is 15.5. The third-order valence-electron chi connectivity index (χ3n) is 5.46. The molecule has 0 saturated carbocycles. The van der Waals surface area contributed by atoms with Crippen molar-refractivity contribution in [2.75, 3.05) is 26.7 Å². The summed E-state index contributed by atoms with van der Waals surface area (Å²) in [5, 5.41) is 24.1. The van der Waals surface area contributed by atoms with E-state index in [9.17, 15) is 9.90 Å². The number of likely N-dealkylation sites (tertiary alicyclic amines) is 1. The molecule has 1 amide bonds. The van der Waals surface area contributed by atoms with Crippen molar-refractivity contribution in [3.05, 3.63) is 36.0 Å². The number of likely N-dealkylation sites (N-methyl/N-ethyl adjacent to an activating group) is 1. The molecule has 2 aliphatic rings. The topological polar surface area (TPSA) is 95.3 Å². The van der Waals surface area contributed by atoms with Crippen LogP contribution in [0.1, 0.15) is 24.4 Å². The first-order chi connectivity index (χ1) is 13.1. The highest BCUT2D eigenvalue weighted by Gasteiger charge is 2.30. The number of aromatic nitrogens is 3. The van der Waals surface area contributed by atoms with Gasteiger partial charge in [-0.2, -0.15) is 0 Å². The van der Waals surface area contributed by atoms with Crippen molar-refractivity contribution >= 4 is 5.91 Å². The Morgan fingerprint density at radius 3 is 2.89 bits per heavy atom. The number of aliphatic hydroxyl groups is 1. The van der Waals surface area contributed by atoms with Gasteiger partial charge < -0.3 is 15.7 Å². The fourth-order valence-electron chi connectivity index (χ4n) is 3.87. The second kappa shape index (κ2) is 7.75. The second-order valence-electron chi connectivity index (χ2n) is 7.42. The first-order valence-corrected chi connectivity index (χ1v) is 9.49. The summed E-state index contributed by atoms with van der Waals surface area (Å²) >= 11 is 0. The van der Waals surface area contributed by atoms with Crippen LogP contribution < -0.4 is 10.6 Å². The van der Waals surface area contributed by atoms with Gasteiger partial charge in [-0.1, -0.05) is 29.5 Å². The lowest BCUT2D eigenvalue weighted by Gasteiger charge is -2.14. The Labute approximate surface area is 158 Å². The van der Waals surface area contributed by atoms with Crippen molar-refractivity contribution in [3.63, 3.8) is 0 Å². The van der Waals surface area contributed by atoms with Crippen molar-refractivity contribution in [1.29, 1.82) is 0 Å². The lowest BCUT2D eigenvalue weighted by atomic mass is 10.1. The van der Waals surface area contributed by atoms with E-state index >= 15 is 0 Å². The van der Waals surface area contributed by atoms with Gasteiger partial charge in [0.05, 0.1) is 24.4 Å². The van der Waals surface area contributed by atoms with E-state index in [1.54, 1.807) is 7.05 Å². The van der Waals surface area contributed by atoms with Gasteiger partial charge in [-0.25, -0.2) is 4.68 Å². The number of aliphatic hydroxyl groups excluding tert-OH is 1. The van der Waals surface area contributed by atoms with Gasteiger partial charge in [-0.3, -0.25) is 9.69 Å². The van der Waals surface area contributed by atoms with Crippen LogP contribution in [0.2, 0.25) is 0 Å². The average molecular weight is 370 g/mol. The normalized spacial score (nSPS) is 25.8. The molecule has 3 heterocycles. The van der Waals surface area contributed by atoms with Crippen LogP contribution >= 0.6 is 0 Å². The Morgan fingerprint density at radius 1 is 1.37 bits per heavy atom. The zero-order chi connectivity index (χ0) is 18.8. The smallest absolute Gasteiger partial charge is 0.236 e. The lowest BCUT2D eigenvalue weighted by Crippen LogP contribution is -2.38. The minimum atomic E-state index is -0.188. The molecule has 8 heteroatoms. The van der Waals surface area contributed by atoms with Crippen LogP contribution in [0.15, 0.2) is 30.5 Å². The highest BCUT2D eigenvalue weighted by Crippen LogP contribution is 2.23. The third-order valence-corrected chi connectivity index (χ3v) is 5.46. The van der Waals surface area contributed by atoms with E-state index in [1.165, 1.54) is 5.56 Å². The van der Waals surface area contributed by atoms with E-state index in [2.05, 4.69) is 50.1 Å². The van der Waals surface area contributed by atoms with Crippen molar-refractivity contribution in [3.8, 4) is 11.3 Å². The summed E-state index contributed by atoms with van der Waals surface area (Å²) in [7, 11) is 1.65. The SMILES string of the molecule is CNC(=O)[C@@H]1C[C@@H](n2cc(-c3ccc(CN4CC[C@@H](O)C4)cc3)nn2)CN1. The van der Waals surface area contributed by atoms with Crippen LogP contribution in [0.25, 0.3) is 11.3 Å². The Hall–Kier alpha value is -2.29. The minimum Gasteiger partial charge on any atom is -0.392 e. The van der Waals surface area contributed by atoms with Gasteiger partial charge in [0.2, 0.25) is 5.91 Å². The van der Waals surface area contributed by atoms with Gasteiger partial charge in [0.25, 0.3) is 0 Å². The number of nitrogens with one attached hydrogen (secondary N) is 2. The highest BCUT2D eigenvalue weighted by atomic mass is 16.3. The summed E-state index contributed by atoms with van der Waals surface area (Å²) in [6.45, 7) is 3.27. The molecule has 0 radical (unpaired) electrons. The summed E-state index contributed by atoms with van der Waals surface area (Å²) < 4.78 is 1.85. The van der Waals surface area contributed by atoms with Crippen molar-refractivity contribution in [2.24, 2.45) is 0 Å². The summed E-state index contributed by atoms with van der Waals surface area (Å²) in [6.07, 6.45) is 3.33. The maximum atomic E-state index is 11.8. The van der Waals surface area contributed by atoms with Crippen LogP contribution in [0, 0.1) is 0 Å². The molecule has 3 atom stereocenters. The van der Waals surface area contributed by atoms with Gasteiger partial charge >= 0.3 is 0 Å². The summed E-state index contributed by atoms with van der Waals surface area (Å²) in [5.74, 6) is 0.0129. The van der Waals surface area contributed by atoms with Gasteiger partial charge in [0.15, 0.2) is 0 Å². The predicted octanol–water partition coefficient (Wildman–Crippen LogP) is 0.161. The molecule has 1 aromatic carbocycles. The van der Waals surface area contributed by atoms with Crippen LogP contribution in [-0.2, 0) is 11.3 Å². The summed E-state index contributed by atoms with van der Waals surface area (Å²) in [5.41, 5.74) is 3.09. The lowest BCUT2D eigenvalue weighted by molar-refractivity contribution is -0.122. The van der Waals surface area contributed by atoms with Crippen molar-refractivity contribution in [1.82, 2.24) is 30.5 Å². The fraction of sp³-hybridized carbons (Fsp3) is 0.526. The molecule has 27 heavy (non-hydrogen) atoms. The molecular formula is C19H26N6O2. The predicted molar refractivity (Wildman–Crippen MR) is 101 cm³/mol. The number of rotatable bonds is 5. The fourth-order valence-corrected chi connectivity index (χ4v) is 3.87. The molecular weight excluding hydrogens is 344 g/mol. The molecule has 0 aliphatic carbocycles. The molecule has 8 nitrogen and oxygen atoms in total. The minimum absolute atomic E-state index is 0.0129. The number of amides is 1. The van der Waals surface area contributed by atoms with Crippen molar-refractivity contribution < 1.29 is 9.90 Å². The molecule has 2 aromatic rings. The molecule has 2 aliphatic heterocycles. The van der Waals surface area contributed by atoms with Gasteiger partial charge in [0, 0.05) is 38.8 Å². The summed E-state index contributed by atoms with van der Waals surface area (Å²) in [4.78, 5) is 14.0. The first-order valence-electron chi connectivity index (χ1n) is 9.49. The van der Waals surface area contributed by atoms with E-state index in [0.29, 0.717) is 13.0 Å². The number of β-amino-alcohol motifs (C(OH)–C–C–N with tert-alkyl or cyclic N) is 1. The maximum Gasteiger partial charge on any atom is 0.236 e. The van der Waals surface area contributed by atoms with Gasteiger partial charge in [0.1, 0.15) is 5.69 Å². The number of hydrogen-bond donors (Lipinski definition) is 3. The highest BCUT2D eigenvalue weighted by molar-refractivity contribution is 5.81. The molecule has 0 spiro atoms. The second-order valence-corrected chi connectivity index (χ2v) is 7.42. The Balaban J connectivity index is 1.39. The van der Waals surface area contributed by atoms with Crippen LogP contribution in [0.5, 0.6) is 0 Å². The molecule has 3 N–H and O–H groups in total. The molecule has 4 rings (SSSR count). The number of hydrogen-bond acceptors (Lipinski definition) is 6. The summed E-state index contributed by atoms with van der Waals surface area (Å²) in [6, 6.07) is 8.31. The average Bonchev–Trinajstić information content (AvgIpc) is 3.42. The van der Waals surface area contributed by atoms with Crippen LogP contribution in [0.3, 0.4) is 0 Å². The number of benzene rings is 1. The molecule has 0 bridgehead atoms. The number of carbonyl (C=O) groups is 1. The zero-order valence-electron chi connectivity index (χ0n) is 15.5. The van der Waals surface area contributed by atoms with E-state index < -0.39 is 0 Å². The first kappa shape index (κ1) is 18.1. The van der Waals surface area contributed by atoms with E-state index in [4.69, 9.17) is 0 Å². The monoisotopic (exact) mass is 370 g/mol. The molecule has 2 fully saturated rings. The molecule has 2 saturated heterocycles. The molecule has 144 valence electrons. The number of carbonyl (C=O) groups excluding carboxylic acids is 1. The Morgan fingerprint density at radius 2 is 2.19 bits per heavy atom. The maximum absolute atomic E-state index is 11.8. The molecule has 0 unspecified atom stereocenters. The van der Waals surface area contributed by atoms with E-state index in [-0.39, 0.29) is 24.1 Å². The third kappa shape index (κ3) is 4.02. The van der Waals surface area contributed by atoms with E-state index in [1.807, 2.05) is 10.9 Å². The van der Waals surface area contributed by atoms with Gasteiger partial charge in [-0.05, 0) is 18.4 Å². The Kier molecular flexibility index (Phi) is 5.20. The standard InChI is InChI=1S/C19H26N6O2/c1-20-19(27)17-8-15(9-21-17)25-12-18(22-23-25)14-4-2-13(3-5-14)10-24-7-6-16(26)11-24/h2-5,12,15-17,21,26H,6-11H2,1H3,(H,20,27)/t15-,16-,17+/m1/s1. The molecule has 1 aromatic heterocycles.